The second-order valence-electron chi connectivity index (χ2n) is 5.96. The van der Waals surface area contributed by atoms with E-state index in [4.69, 9.17) is 14.0 Å². The lowest BCUT2D eigenvalue weighted by molar-refractivity contribution is 0.102. The molecule has 9 heteroatoms. The summed E-state index contributed by atoms with van der Waals surface area (Å²) in [6.07, 6.45) is 0.690. The molecule has 0 fully saturated rings. The largest absolute Gasteiger partial charge is 0.494 e. The van der Waals surface area contributed by atoms with Crippen molar-refractivity contribution in [3.63, 3.8) is 0 Å². The van der Waals surface area contributed by atoms with E-state index < -0.39 is 11.7 Å². The van der Waals surface area contributed by atoms with Crippen molar-refractivity contribution in [2.24, 2.45) is 0 Å². The fraction of sp³-hybridized carbons (Fsp3) is 0.278. The molecule has 7 nitrogen and oxygen atoms in total. The lowest BCUT2D eigenvalue weighted by atomic mass is 10.1. The number of amides is 1. The number of nitrogens with zero attached hydrogens (tertiary/aromatic N) is 2. The lowest BCUT2D eigenvalue weighted by Crippen LogP contribution is -2.12. The molecule has 1 amide bonds. The van der Waals surface area contributed by atoms with Crippen molar-refractivity contribution in [3.8, 4) is 17.2 Å². The maximum atomic E-state index is 13.9. The van der Waals surface area contributed by atoms with Gasteiger partial charge in [-0.1, -0.05) is 5.16 Å². The van der Waals surface area contributed by atoms with Crippen molar-refractivity contribution in [2.75, 3.05) is 19.0 Å². The molecule has 0 spiro atoms. The van der Waals surface area contributed by atoms with Crippen LogP contribution in [0.15, 0.2) is 22.7 Å². The fourth-order valence-corrected chi connectivity index (χ4v) is 4.10. The summed E-state index contributed by atoms with van der Waals surface area (Å²) >= 11 is 1.40. The molecule has 1 N–H and O–H groups in total. The number of thiophene rings is 1. The van der Waals surface area contributed by atoms with Gasteiger partial charge in [-0.2, -0.15) is 4.98 Å². The highest BCUT2D eigenvalue weighted by Crippen LogP contribution is 2.42. The number of rotatable bonds is 4. The molecule has 27 heavy (non-hydrogen) atoms. The number of carbonyl (C=O) groups is 1. The third-order valence-electron chi connectivity index (χ3n) is 4.20. The van der Waals surface area contributed by atoms with Gasteiger partial charge in [-0.3, -0.25) is 4.79 Å². The Balaban J connectivity index is 1.70. The average molecular weight is 389 g/mol. The molecule has 1 aromatic carbocycles. The predicted octanol–water partition coefficient (Wildman–Crippen LogP) is 3.58. The van der Waals surface area contributed by atoms with E-state index in [9.17, 15) is 9.18 Å². The number of fused-ring (bicyclic) bond motifs is 1. The molecule has 1 aliphatic rings. The number of halogens is 1. The number of anilines is 1. The second kappa shape index (κ2) is 7.09. The highest BCUT2D eigenvalue weighted by Gasteiger charge is 2.27. The highest BCUT2D eigenvalue weighted by atomic mass is 32.1. The van der Waals surface area contributed by atoms with Gasteiger partial charge in [-0.15, -0.1) is 11.3 Å². The van der Waals surface area contributed by atoms with Crippen molar-refractivity contribution >= 4 is 22.2 Å². The number of benzene rings is 1. The minimum absolute atomic E-state index is 0.0808. The van der Waals surface area contributed by atoms with Crippen LogP contribution in [0.5, 0.6) is 5.75 Å². The number of aromatic nitrogens is 2. The van der Waals surface area contributed by atoms with Crippen LogP contribution >= 0.6 is 11.3 Å². The van der Waals surface area contributed by atoms with E-state index >= 15 is 0 Å². The van der Waals surface area contributed by atoms with Gasteiger partial charge < -0.3 is 19.3 Å². The quantitative estimate of drug-likeness (QED) is 0.734. The Hall–Kier alpha value is -2.78. The number of methoxy groups -OCH3 is 1. The monoisotopic (exact) mass is 389 g/mol. The Morgan fingerprint density at radius 2 is 2.26 bits per heavy atom. The van der Waals surface area contributed by atoms with Gasteiger partial charge >= 0.3 is 0 Å². The van der Waals surface area contributed by atoms with Gasteiger partial charge in [0.1, 0.15) is 5.00 Å². The van der Waals surface area contributed by atoms with Crippen molar-refractivity contribution in [3.05, 3.63) is 45.8 Å². The zero-order valence-corrected chi connectivity index (χ0v) is 15.5. The first kappa shape index (κ1) is 17.6. The fourth-order valence-electron chi connectivity index (χ4n) is 2.93. The van der Waals surface area contributed by atoms with E-state index in [1.54, 1.807) is 6.92 Å². The van der Waals surface area contributed by atoms with Crippen LogP contribution in [0.25, 0.3) is 11.5 Å². The minimum atomic E-state index is -0.600. The first-order valence-electron chi connectivity index (χ1n) is 8.24. The zero-order valence-electron chi connectivity index (χ0n) is 14.7. The molecule has 140 valence electrons. The molecule has 3 heterocycles. The van der Waals surface area contributed by atoms with Crippen LogP contribution in [0.2, 0.25) is 0 Å². The topological polar surface area (TPSA) is 86.5 Å². The molecule has 2 aromatic heterocycles. The Labute approximate surface area is 158 Å². The smallest absolute Gasteiger partial charge is 0.261 e. The van der Waals surface area contributed by atoms with Gasteiger partial charge in [0.15, 0.2) is 17.4 Å². The number of aryl methyl sites for hydroxylation is 1. The molecule has 0 radical (unpaired) electrons. The molecule has 1 aliphatic heterocycles. The first-order valence-corrected chi connectivity index (χ1v) is 9.06. The third kappa shape index (κ3) is 3.31. The molecular formula is C18H16FN3O4S. The van der Waals surface area contributed by atoms with Crippen LogP contribution in [0.4, 0.5) is 9.39 Å². The van der Waals surface area contributed by atoms with Crippen LogP contribution in [-0.4, -0.2) is 29.8 Å². The number of hydrogen-bond donors (Lipinski definition) is 1. The van der Waals surface area contributed by atoms with Crippen LogP contribution < -0.4 is 10.1 Å². The van der Waals surface area contributed by atoms with Crippen LogP contribution in [-0.2, 0) is 17.8 Å². The summed E-state index contributed by atoms with van der Waals surface area (Å²) in [5.41, 5.74) is 1.93. The average Bonchev–Trinajstić information content (AvgIpc) is 3.24. The van der Waals surface area contributed by atoms with E-state index in [0.717, 1.165) is 16.5 Å². The van der Waals surface area contributed by atoms with E-state index in [-0.39, 0.29) is 11.3 Å². The van der Waals surface area contributed by atoms with Crippen molar-refractivity contribution in [2.45, 2.75) is 20.0 Å². The predicted molar refractivity (Wildman–Crippen MR) is 96.6 cm³/mol. The Bertz CT molecular complexity index is 1010. The minimum Gasteiger partial charge on any atom is -0.494 e. The van der Waals surface area contributed by atoms with Gasteiger partial charge in [0.05, 0.1) is 25.9 Å². The first-order chi connectivity index (χ1) is 13.1. The number of carbonyl (C=O) groups excluding carboxylic acids is 1. The maximum Gasteiger partial charge on any atom is 0.261 e. The molecule has 0 unspecified atom stereocenters. The number of nitrogens with one attached hydrogen (secondary N) is 1. The molecular weight excluding hydrogens is 373 g/mol. The molecule has 4 rings (SSSR count). The molecule has 0 aliphatic carbocycles. The summed E-state index contributed by atoms with van der Waals surface area (Å²) < 4.78 is 29.6. The lowest BCUT2D eigenvalue weighted by Gasteiger charge is -2.12. The zero-order chi connectivity index (χ0) is 19.0. The summed E-state index contributed by atoms with van der Waals surface area (Å²) in [4.78, 5) is 18.0. The van der Waals surface area contributed by atoms with E-state index in [0.29, 0.717) is 41.9 Å². The standard InChI is InChI=1S/C18H16FN3O4S/c1-9-20-17(26-22-9)15-11-5-6-25-8-14(11)27-18(15)21-16(23)10-3-4-13(24-2)12(19)7-10/h3-4,7H,5-6,8H2,1-2H3,(H,21,23). The molecule has 0 saturated carbocycles. The van der Waals surface area contributed by atoms with Gasteiger partial charge in [-0.25, -0.2) is 4.39 Å². The summed E-state index contributed by atoms with van der Waals surface area (Å²) in [5.74, 6) is -0.0998. The van der Waals surface area contributed by atoms with E-state index in [1.807, 2.05) is 0 Å². The SMILES string of the molecule is COc1ccc(C(=O)Nc2sc3c(c2-c2nc(C)no2)CCOC3)cc1F. The molecule has 3 aromatic rings. The number of ether oxygens (including phenoxy) is 2. The van der Waals surface area contributed by atoms with Gasteiger partial charge in [0, 0.05) is 10.4 Å². The Morgan fingerprint density at radius 1 is 1.41 bits per heavy atom. The summed E-state index contributed by atoms with van der Waals surface area (Å²) in [6, 6.07) is 4.06. The van der Waals surface area contributed by atoms with E-state index in [1.165, 1.54) is 30.6 Å². The van der Waals surface area contributed by atoms with Gasteiger partial charge in [0.2, 0.25) is 0 Å². The van der Waals surface area contributed by atoms with Crippen molar-refractivity contribution in [1.29, 1.82) is 0 Å². The van der Waals surface area contributed by atoms with Crippen LogP contribution in [0, 0.1) is 12.7 Å². The Kier molecular flexibility index (Phi) is 4.63. The summed E-state index contributed by atoms with van der Waals surface area (Å²) in [7, 11) is 1.37. The summed E-state index contributed by atoms with van der Waals surface area (Å²) in [6.45, 7) is 2.78. The van der Waals surface area contributed by atoms with Crippen LogP contribution in [0.3, 0.4) is 0 Å². The normalized spacial score (nSPS) is 13.3. The number of hydrogen-bond acceptors (Lipinski definition) is 7. The second-order valence-corrected chi connectivity index (χ2v) is 7.07. The molecule has 0 atom stereocenters. The van der Waals surface area contributed by atoms with Gasteiger partial charge in [0.25, 0.3) is 11.8 Å². The highest BCUT2D eigenvalue weighted by molar-refractivity contribution is 7.17. The summed E-state index contributed by atoms with van der Waals surface area (Å²) in [5, 5.41) is 7.27. The van der Waals surface area contributed by atoms with Crippen molar-refractivity contribution in [1.82, 2.24) is 10.1 Å². The molecule has 0 saturated heterocycles. The maximum absolute atomic E-state index is 13.9. The van der Waals surface area contributed by atoms with Crippen LogP contribution in [0.1, 0.15) is 26.6 Å². The van der Waals surface area contributed by atoms with Gasteiger partial charge in [-0.05, 0) is 37.1 Å². The van der Waals surface area contributed by atoms with Crippen molar-refractivity contribution < 1.29 is 23.2 Å². The Morgan fingerprint density at radius 3 is 2.96 bits per heavy atom. The third-order valence-corrected chi connectivity index (χ3v) is 5.32. The molecule has 0 bridgehead atoms. The van der Waals surface area contributed by atoms with E-state index in [2.05, 4.69) is 15.5 Å².